The molecule has 1 N–H and O–H groups in total. The summed E-state index contributed by atoms with van der Waals surface area (Å²) in [5.74, 6) is -0.686. The van der Waals surface area contributed by atoms with E-state index >= 15 is 0 Å². The van der Waals surface area contributed by atoms with E-state index in [1.54, 1.807) is 19.1 Å². The molecule has 0 aliphatic heterocycles. The second kappa shape index (κ2) is 12.4. The smallest absolute Gasteiger partial charge is 0.244 e. The van der Waals surface area contributed by atoms with Crippen LogP contribution in [0.25, 0.3) is 0 Å². The second-order valence-electron chi connectivity index (χ2n) is 10.4. The Morgan fingerprint density at radius 3 is 2.06 bits per heavy atom. The Labute approximate surface area is 216 Å². The van der Waals surface area contributed by atoms with Crippen LogP contribution in [0, 0.1) is 0 Å². The fourth-order valence-corrected chi connectivity index (χ4v) is 4.63. The van der Waals surface area contributed by atoms with Crippen molar-refractivity contribution in [1.29, 1.82) is 0 Å². The summed E-state index contributed by atoms with van der Waals surface area (Å²) in [6.45, 7) is 11.7. The molecular weight excluding hydrogens is 474 g/mol. The van der Waals surface area contributed by atoms with Crippen LogP contribution >= 0.6 is 0 Å². The molecule has 0 saturated heterocycles. The van der Waals surface area contributed by atoms with Crippen LogP contribution in [0.15, 0.2) is 54.6 Å². The zero-order chi connectivity index (χ0) is 27.1. The number of benzene rings is 2. The molecule has 0 aliphatic carbocycles. The van der Waals surface area contributed by atoms with Gasteiger partial charge in [-0.15, -0.1) is 0 Å². The van der Waals surface area contributed by atoms with Gasteiger partial charge in [-0.3, -0.25) is 13.9 Å². The first-order valence-corrected chi connectivity index (χ1v) is 14.3. The second-order valence-corrected chi connectivity index (χ2v) is 12.3. The molecule has 2 amide bonds. The minimum absolute atomic E-state index is 0.0279. The fourth-order valence-electron chi connectivity index (χ4n) is 3.78. The Balaban J connectivity index is 2.33. The third-order valence-electron chi connectivity index (χ3n) is 6.35. The summed E-state index contributed by atoms with van der Waals surface area (Å²) in [5, 5.41) is 2.93. The highest BCUT2D eigenvalue weighted by Crippen LogP contribution is 2.26. The molecule has 198 valence electrons. The Bertz CT molecular complexity index is 1110. The van der Waals surface area contributed by atoms with Gasteiger partial charge in [-0.2, -0.15) is 0 Å². The lowest BCUT2D eigenvalue weighted by Gasteiger charge is -2.32. The van der Waals surface area contributed by atoms with Gasteiger partial charge >= 0.3 is 0 Å². The molecule has 0 aromatic heterocycles. The van der Waals surface area contributed by atoms with E-state index in [1.165, 1.54) is 4.90 Å². The van der Waals surface area contributed by atoms with Gasteiger partial charge in [0.25, 0.3) is 0 Å². The van der Waals surface area contributed by atoms with Crippen LogP contribution in [0.4, 0.5) is 5.69 Å². The van der Waals surface area contributed by atoms with Crippen molar-refractivity contribution in [3.05, 3.63) is 65.7 Å². The van der Waals surface area contributed by atoms with Gasteiger partial charge in [0.05, 0.1) is 11.9 Å². The Morgan fingerprint density at radius 1 is 0.972 bits per heavy atom. The molecule has 0 heterocycles. The van der Waals surface area contributed by atoms with Crippen LogP contribution in [0.5, 0.6) is 0 Å². The molecule has 2 atom stereocenters. The van der Waals surface area contributed by atoms with Crippen molar-refractivity contribution < 1.29 is 18.0 Å². The Hall–Kier alpha value is -2.87. The van der Waals surface area contributed by atoms with Crippen LogP contribution in [-0.4, -0.2) is 56.6 Å². The zero-order valence-corrected chi connectivity index (χ0v) is 23.4. The first-order chi connectivity index (χ1) is 16.7. The topological polar surface area (TPSA) is 86.8 Å². The number of hydrogen-bond donors (Lipinski definition) is 1. The molecule has 0 spiro atoms. The number of sulfonamides is 1. The summed E-state index contributed by atoms with van der Waals surface area (Å²) in [6, 6.07) is 16.1. The number of anilines is 1. The third kappa shape index (κ3) is 8.36. The highest BCUT2D eigenvalue weighted by molar-refractivity contribution is 7.92. The maximum Gasteiger partial charge on any atom is 0.244 e. The summed E-state index contributed by atoms with van der Waals surface area (Å²) >= 11 is 0. The predicted molar refractivity (Wildman–Crippen MR) is 147 cm³/mol. The molecule has 0 bridgehead atoms. The molecule has 0 radical (unpaired) electrons. The summed E-state index contributed by atoms with van der Waals surface area (Å²) in [4.78, 5) is 28.0. The van der Waals surface area contributed by atoms with Crippen molar-refractivity contribution in [1.82, 2.24) is 10.2 Å². The van der Waals surface area contributed by atoms with Crippen LogP contribution in [-0.2, 0) is 31.4 Å². The molecule has 2 aromatic carbocycles. The van der Waals surface area contributed by atoms with Crippen molar-refractivity contribution >= 4 is 27.5 Å². The average molecular weight is 516 g/mol. The van der Waals surface area contributed by atoms with Crippen molar-refractivity contribution in [3.63, 3.8) is 0 Å². The maximum atomic E-state index is 13.6. The van der Waals surface area contributed by atoms with Gasteiger partial charge in [0.1, 0.15) is 12.6 Å². The number of hydrogen-bond acceptors (Lipinski definition) is 4. The number of amides is 2. The lowest BCUT2D eigenvalue weighted by atomic mass is 9.87. The van der Waals surface area contributed by atoms with Crippen LogP contribution in [0.3, 0.4) is 0 Å². The van der Waals surface area contributed by atoms with Crippen molar-refractivity contribution in [3.8, 4) is 0 Å². The molecular formula is C28H41N3O4S. The molecule has 36 heavy (non-hydrogen) atoms. The van der Waals surface area contributed by atoms with Gasteiger partial charge in [-0.1, -0.05) is 70.2 Å². The predicted octanol–water partition coefficient (Wildman–Crippen LogP) is 4.12. The van der Waals surface area contributed by atoms with E-state index < -0.39 is 22.0 Å². The van der Waals surface area contributed by atoms with E-state index in [0.717, 1.165) is 28.1 Å². The first-order valence-electron chi connectivity index (χ1n) is 12.5. The molecule has 2 rings (SSSR count). The van der Waals surface area contributed by atoms with E-state index in [1.807, 2.05) is 56.3 Å². The monoisotopic (exact) mass is 515 g/mol. The molecule has 7 nitrogen and oxygen atoms in total. The Morgan fingerprint density at radius 2 is 1.56 bits per heavy atom. The Kier molecular flexibility index (Phi) is 10.1. The van der Waals surface area contributed by atoms with Gasteiger partial charge in [-0.25, -0.2) is 8.42 Å². The van der Waals surface area contributed by atoms with E-state index in [9.17, 15) is 18.0 Å². The number of nitrogens with zero attached hydrogens (tertiary/aromatic N) is 2. The molecule has 0 saturated carbocycles. The lowest BCUT2D eigenvalue weighted by Crippen LogP contribution is -2.53. The van der Waals surface area contributed by atoms with Gasteiger partial charge in [0.2, 0.25) is 21.8 Å². The fraction of sp³-hybridized carbons (Fsp3) is 0.500. The molecule has 0 fully saturated rings. The number of rotatable bonds is 11. The minimum atomic E-state index is -3.75. The molecule has 8 heteroatoms. The molecule has 0 aliphatic rings. The van der Waals surface area contributed by atoms with Crippen molar-refractivity contribution in [2.24, 2.45) is 0 Å². The van der Waals surface area contributed by atoms with E-state index in [4.69, 9.17) is 0 Å². The van der Waals surface area contributed by atoms with Crippen molar-refractivity contribution in [2.75, 3.05) is 23.7 Å². The van der Waals surface area contributed by atoms with Gasteiger partial charge in [-0.05, 0) is 55.4 Å². The standard InChI is InChI=1S/C28H41N3O4S/c1-8-21(2)29-27(33)22(3)30(19-18-23-12-10-9-11-13-23)26(32)20-31(36(7,34)35)25-16-14-24(15-17-25)28(4,5)6/h9-17,21-22H,8,18-20H2,1-7H3,(H,29,33)/t21-,22-/m1/s1. The van der Waals surface area contributed by atoms with Crippen LogP contribution in [0.1, 0.15) is 59.1 Å². The minimum Gasteiger partial charge on any atom is -0.352 e. The van der Waals surface area contributed by atoms with Gasteiger partial charge in [0.15, 0.2) is 0 Å². The SMILES string of the molecule is CC[C@@H](C)NC(=O)[C@@H](C)N(CCc1ccccc1)C(=O)CN(c1ccc(C(C)(C)C)cc1)S(C)(=O)=O. The van der Waals surface area contributed by atoms with Crippen LogP contribution < -0.4 is 9.62 Å². The number of nitrogens with one attached hydrogen (secondary N) is 1. The quantitative estimate of drug-likeness (QED) is 0.488. The van der Waals surface area contributed by atoms with E-state index in [2.05, 4.69) is 26.1 Å². The summed E-state index contributed by atoms with van der Waals surface area (Å²) in [6.07, 6.45) is 2.40. The maximum absolute atomic E-state index is 13.6. The summed E-state index contributed by atoms with van der Waals surface area (Å²) in [7, 11) is -3.75. The van der Waals surface area contributed by atoms with Crippen LogP contribution in [0.2, 0.25) is 0 Å². The first kappa shape index (κ1) is 29.4. The third-order valence-corrected chi connectivity index (χ3v) is 7.49. The summed E-state index contributed by atoms with van der Waals surface area (Å²) in [5.41, 5.74) is 2.42. The number of carbonyl (C=O) groups excluding carboxylic acids is 2. The summed E-state index contributed by atoms with van der Waals surface area (Å²) < 4.78 is 26.5. The van der Waals surface area contributed by atoms with Crippen molar-refractivity contribution in [2.45, 2.75) is 71.9 Å². The van der Waals surface area contributed by atoms with Gasteiger partial charge < -0.3 is 10.2 Å². The highest BCUT2D eigenvalue weighted by atomic mass is 32.2. The van der Waals surface area contributed by atoms with Gasteiger partial charge in [0, 0.05) is 12.6 Å². The zero-order valence-electron chi connectivity index (χ0n) is 22.6. The highest BCUT2D eigenvalue weighted by Gasteiger charge is 2.30. The molecule has 2 aromatic rings. The average Bonchev–Trinajstić information content (AvgIpc) is 2.81. The largest absolute Gasteiger partial charge is 0.352 e. The normalized spacial score (nSPS) is 13.5. The number of carbonyl (C=O) groups is 2. The van der Waals surface area contributed by atoms with E-state index in [-0.39, 0.29) is 23.9 Å². The van der Waals surface area contributed by atoms with E-state index in [0.29, 0.717) is 18.7 Å². The lowest BCUT2D eigenvalue weighted by molar-refractivity contribution is -0.139. The molecule has 0 unspecified atom stereocenters.